The Bertz CT molecular complexity index is 954. The Morgan fingerprint density at radius 2 is 1.74 bits per heavy atom. The van der Waals surface area contributed by atoms with Gasteiger partial charge in [-0.2, -0.15) is 0 Å². The molecule has 1 saturated carbocycles. The van der Waals surface area contributed by atoms with Gasteiger partial charge in [0.15, 0.2) is 0 Å². The Balaban J connectivity index is 0.000000872. The number of carbonyl (C=O) groups excluding carboxylic acids is 1. The molecule has 1 amide bonds. The van der Waals surface area contributed by atoms with Gasteiger partial charge in [-0.15, -0.1) is 0 Å². The average molecular weight is 361 g/mol. The fourth-order valence-corrected chi connectivity index (χ4v) is 4.23. The van der Waals surface area contributed by atoms with E-state index in [9.17, 15) is 4.79 Å². The number of aromatic nitrogens is 1. The number of benzene rings is 2. The number of fused-ring (bicyclic) bond motifs is 3. The highest BCUT2D eigenvalue weighted by Gasteiger charge is 2.46. The number of para-hydroxylation sites is 1. The molecule has 2 heterocycles. The molecule has 3 aromatic rings. The summed E-state index contributed by atoms with van der Waals surface area (Å²) in [5, 5.41) is 1.27. The van der Waals surface area contributed by atoms with Gasteiger partial charge >= 0.3 is 0 Å². The van der Waals surface area contributed by atoms with E-state index < -0.39 is 0 Å². The van der Waals surface area contributed by atoms with E-state index in [1.807, 2.05) is 13.8 Å². The minimum Gasteiger partial charge on any atom is -0.341 e. The standard InChI is InChI=1S/C22H22N2O.C2H6/c1-15-6-8-16(9-7-15)19-13-20(19)22(25)23-10-11-24-18(14-23)12-17-4-2-3-5-21(17)24;1-2/h2-9,12,19-20H,10-11,13-14H2,1H3;1-2H3. The van der Waals surface area contributed by atoms with Crippen molar-refractivity contribution in [3.8, 4) is 0 Å². The quantitative estimate of drug-likeness (QED) is 0.622. The summed E-state index contributed by atoms with van der Waals surface area (Å²) in [7, 11) is 0. The largest absolute Gasteiger partial charge is 0.341 e. The maximum absolute atomic E-state index is 13.0. The van der Waals surface area contributed by atoms with Crippen LogP contribution >= 0.6 is 0 Å². The molecular weight excluding hydrogens is 332 g/mol. The van der Waals surface area contributed by atoms with Gasteiger partial charge < -0.3 is 9.47 Å². The lowest BCUT2D eigenvalue weighted by Crippen LogP contribution is -2.39. The molecule has 0 spiro atoms. The molecule has 2 aliphatic rings. The first-order valence-corrected chi connectivity index (χ1v) is 10.1. The van der Waals surface area contributed by atoms with Gasteiger partial charge in [0, 0.05) is 30.2 Å². The van der Waals surface area contributed by atoms with Crippen LogP contribution < -0.4 is 0 Å². The van der Waals surface area contributed by atoms with Crippen molar-refractivity contribution < 1.29 is 4.79 Å². The molecule has 2 unspecified atom stereocenters. The van der Waals surface area contributed by atoms with Gasteiger partial charge in [0.25, 0.3) is 0 Å². The van der Waals surface area contributed by atoms with Crippen molar-refractivity contribution in [1.29, 1.82) is 0 Å². The van der Waals surface area contributed by atoms with Crippen LogP contribution in [-0.4, -0.2) is 21.9 Å². The van der Waals surface area contributed by atoms with Crippen LogP contribution in [0.4, 0.5) is 0 Å². The second kappa shape index (κ2) is 7.22. The summed E-state index contributed by atoms with van der Waals surface area (Å²) < 4.78 is 2.36. The van der Waals surface area contributed by atoms with Gasteiger partial charge in [-0.1, -0.05) is 61.9 Å². The third-order valence-electron chi connectivity index (χ3n) is 5.77. The monoisotopic (exact) mass is 360 g/mol. The number of aryl methyl sites for hydroxylation is 1. The van der Waals surface area contributed by atoms with Crippen molar-refractivity contribution in [2.75, 3.05) is 6.54 Å². The molecule has 2 aromatic carbocycles. The molecule has 27 heavy (non-hydrogen) atoms. The maximum Gasteiger partial charge on any atom is 0.226 e. The summed E-state index contributed by atoms with van der Waals surface area (Å²) in [6.45, 7) is 8.56. The number of carbonyl (C=O) groups is 1. The highest BCUT2D eigenvalue weighted by molar-refractivity contribution is 5.84. The van der Waals surface area contributed by atoms with Crippen molar-refractivity contribution in [1.82, 2.24) is 9.47 Å². The van der Waals surface area contributed by atoms with Gasteiger partial charge in [0.2, 0.25) is 5.91 Å². The Kier molecular flexibility index (Phi) is 4.77. The molecule has 0 saturated heterocycles. The second-order valence-electron chi connectivity index (χ2n) is 7.47. The number of rotatable bonds is 2. The van der Waals surface area contributed by atoms with Crippen LogP contribution in [0.25, 0.3) is 10.9 Å². The average Bonchev–Trinajstić information content (AvgIpc) is 3.42. The fraction of sp³-hybridized carbons (Fsp3) is 0.375. The molecule has 5 rings (SSSR count). The minimum absolute atomic E-state index is 0.179. The Morgan fingerprint density at radius 3 is 2.52 bits per heavy atom. The third-order valence-corrected chi connectivity index (χ3v) is 5.77. The van der Waals surface area contributed by atoms with Crippen LogP contribution in [0, 0.1) is 12.8 Å². The molecule has 1 aliphatic carbocycles. The van der Waals surface area contributed by atoms with E-state index in [-0.39, 0.29) is 5.92 Å². The van der Waals surface area contributed by atoms with Crippen molar-refractivity contribution in [3.05, 3.63) is 71.4 Å². The molecule has 1 aliphatic heterocycles. The van der Waals surface area contributed by atoms with Crippen molar-refractivity contribution in [2.24, 2.45) is 5.92 Å². The fourth-order valence-electron chi connectivity index (χ4n) is 4.23. The zero-order valence-electron chi connectivity index (χ0n) is 16.5. The SMILES string of the molecule is CC.Cc1ccc(C2CC2C(=O)N2CCn3c(cc4ccccc43)C2)cc1. The molecular formula is C24H28N2O. The first-order chi connectivity index (χ1) is 13.2. The molecule has 0 radical (unpaired) electrons. The summed E-state index contributed by atoms with van der Waals surface area (Å²) in [6, 6.07) is 19.4. The number of nitrogens with zero attached hydrogens (tertiary/aromatic N) is 2. The molecule has 3 heteroatoms. The van der Waals surface area contributed by atoms with E-state index in [2.05, 4.69) is 71.0 Å². The lowest BCUT2D eigenvalue weighted by atomic mass is 10.1. The third kappa shape index (κ3) is 3.27. The van der Waals surface area contributed by atoms with Crippen molar-refractivity contribution >= 4 is 16.8 Å². The smallest absolute Gasteiger partial charge is 0.226 e. The molecule has 2 atom stereocenters. The normalized spacial score (nSPS) is 20.6. The van der Waals surface area contributed by atoms with E-state index in [0.717, 1.165) is 26.1 Å². The Labute approximate surface area is 161 Å². The van der Waals surface area contributed by atoms with Gasteiger partial charge in [0.1, 0.15) is 0 Å². The molecule has 1 aromatic heterocycles. The van der Waals surface area contributed by atoms with Gasteiger partial charge in [-0.05, 0) is 42.3 Å². The van der Waals surface area contributed by atoms with E-state index in [0.29, 0.717) is 11.8 Å². The molecule has 3 nitrogen and oxygen atoms in total. The van der Waals surface area contributed by atoms with Gasteiger partial charge in [-0.25, -0.2) is 0 Å². The van der Waals surface area contributed by atoms with E-state index in [1.54, 1.807) is 0 Å². The summed E-state index contributed by atoms with van der Waals surface area (Å²) in [5.74, 6) is 0.932. The summed E-state index contributed by atoms with van der Waals surface area (Å²) in [4.78, 5) is 15.0. The lowest BCUT2D eigenvalue weighted by Gasteiger charge is -2.29. The van der Waals surface area contributed by atoms with E-state index >= 15 is 0 Å². The minimum atomic E-state index is 0.179. The van der Waals surface area contributed by atoms with Crippen LogP contribution in [0.3, 0.4) is 0 Å². The molecule has 0 N–H and O–H groups in total. The summed E-state index contributed by atoms with van der Waals surface area (Å²) in [5.41, 5.74) is 5.13. The van der Waals surface area contributed by atoms with Gasteiger partial charge in [-0.3, -0.25) is 4.79 Å². The highest BCUT2D eigenvalue weighted by atomic mass is 16.2. The number of amides is 1. The highest BCUT2D eigenvalue weighted by Crippen LogP contribution is 2.48. The first kappa shape index (κ1) is 17.8. The topological polar surface area (TPSA) is 25.2 Å². The Morgan fingerprint density at radius 1 is 1.00 bits per heavy atom. The zero-order valence-corrected chi connectivity index (χ0v) is 16.5. The van der Waals surface area contributed by atoms with Gasteiger partial charge in [0.05, 0.1) is 6.54 Å². The maximum atomic E-state index is 13.0. The number of hydrogen-bond acceptors (Lipinski definition) is 1. The zero-order chi connectivity index (χ0) is 19.0. The van der Waals surface area contributed by atoms with Crippen LogP contribution in [0.1, 0.15) is 43.0 Å². The van der Waals surface area contributed by atoms with Crippen molar-refractivity contribution in [2.45, 2.75) is 46.2 Å². The second-order valence-corrected chi connectivity index (χ2v) is 7.47. The lowest BCUT2D eigenvalue weighted by molar-refractivity contribution is -0.134. The number of hydrogen-bond donors (Lipinski definition) is 0. The molecule has 0 bridgehead atoms. The van der Waals surface area contributed by atoms with Crippen LogP contribution in [0.2, 0.25) is 0 Å². The predicted molar refractivity (Wildman–Crippen MR) is 111 cm³/mol. The van der Waals surface area contributed by atoms with E-state index in [1.165, 1.54) is 27.7 Å². The molecule has 140 valence electrons. The van der Waals surface area contributed by atoms with Crippen LogP contribution in [0.15, 0.2) is 54.6 Å². The predicted octanol–water partition coefficient (Wildman–Crippen LogP) is 5.12. The summed E-state index contributed by atoms with van der Waals surface area (Å²) >= 11 is 0. The molecule has 1 fully saturated rings. The first-order valence-electron chi connectivity index (χ1n) is 10.1. The summed E-state index contributed by atoms with van der Waals surface area (Å²) in [6.07, 6.45) is 1.00. The van der Waals surface area contributed by atoms with Crippen LogP contribution in [0.5, 0.6) is 0 Å². The van der Waals surface area contributed by atoms with E-state index in [4.69, 9.17) is 0 Å². The van der Waals surface area contributed by atoms with Crippen LogP contribution in [-0.2, 0) is 17.9 Å². The van der Waals surface area contributed by atoms with Crippen molar-refractivity contribution in [3.63, 3.8) is 0 Å². The Hall–Kier alpha value is -2.55.